The van der Waals surface area contributed by atoms with Gasteiger partial charge in [-0.25, -0.2) is 4.98 Å². The first-order valence-corrected chi connectivity index (χ1v) is 8.53. The Labute approximate surface area is 155 Å². The summed E-state index contributed by atoms with van der Waals surface area (Å²) < 4.78 is 15.9. The van der Waals surface area contributed by atoms with Crippen molar-refractivity contribution in [1.82, 2.24) is 9.97 Å². The summed E-state index contributed by atoms with van der Waals surface area (Å²) in [5, 5.41) is 2.50. The fourth-order valence-electron chi connectivity index (χ4n) is 2.56. The minimum Gasteiger partial charge on any atom is -0.463 e. The molecule has 1 aliphatic heterocycles. The standard InChI is InChI=1S/C17H23N3O7/c1-8(2)15(23)19-17-18-6-11(16(24)20-17)12-5-13(26-10(4)22)14(27-12)7-25-9(3)21/h6,8,12-14H,5,7H2,1-4H3,(H2,18,19,20,23,24)/t12-,13?,14-/m1/s1. The number of hydrogen-bond donors (Lipinski definition) is 2. The molecule has 0 spiro atoms. The van der Waals surface area contributed by atoms with Gasteiger partial charge in [-0.15, -0.1) is 0 Å². The summed E-state index contributed by atoms with van der Waals surface area (Å²) in [5.74, 6) is -1.50. The lowest BCUT2D eigenvalue weighted by Crippen LogP contribution is -2.31. The Kier molecular flexibility index (Phi) is 6.67. The molecular weight excluding hydrogens is 358 g/mol. The molecule has 10 nitrogen and oxygen atoms in total. The lowest BCUT2D eigenvalue weighted by atomic mass is 10.1. The molecule has 0 bridgehead atoms. The molecule has 0 radical (unpaired) electrons. The van der Waals surface area contributed by atoms with E-state index >= 15 is 0 Å². The first-order chi connectivity index (χ1) is 12.7. The highest BCUT2D eigenvalue weighted by Gasteiger charge is 2.40. The number of hydrogen-bond acceptors (Lipinski definition) is 8. The normalized spacial score (nSPS) is 21.7. The molecule has 2 N–H and O–H groups in total. The van der Waals surface area contributed by atoms with Gasteiger partial charge in [0.1, 0.15) is 18.8 Å². The topological polar surface area (TPSA) is 137 Å². The van der Waals surface area contributed by atoms with E-state index in [4.69, 9.17) is 14.2 Å². The second-order valence-corrected chi connectivity index (χ2v) is 6.51. The Hall–Kier alpha value is -2.75. The molecular formula is C17H23N3O7. The Morgan fingerprint density at radius 1 is 1.33 bits per heavy atom. The van der Waals surface area contributed by atoms with Gasteiger partial charge in [0.15, 0.2) is 0 Å². The molecule has 2 heterocycles. The highest BCUT2D eigenvalue weighted by atomic mass is 16.6. The van der Waals surface area contributed by atoms with E-state index in [0.29, 0.717) is 0 Å². The van der Waals surface area contributed by atoms with Gasteiger partial charge in [0, 0.05) is 32.4 Å². The third kappa shape index (κ3) is 5.61. The second-order valence-electron chi connectivity index (χ2n) is 6.51. The summed E-state index contributed by atoms with van der Waals surface area (Å²) in [6.45, 7) is 5.85. The number of amides is 1. The van der Waals surface area contributed by atoms with Crippen LogP contribution in [0.4, 0.5) is 5.95 Å². The quantitative estimate of drug-likeness (QED) is 0.687. The predicted octanol–water partition coefficient (Wildman–Crippen LogP) is 0.689. The van der Waals surface area contributed by atoms with Crippen LogP contribution in [0.2, 0.25) is 0 Å². The molecule has 1 aliphatic rings. The molecule has 3 atom stereocenters. The Bertz CT molecular complexity index is 774. The van der Waals surface area contributed by atoms with Crippen molar-refractivity contribution in [3.8, 4) is 0 Å². The van der Waals surface area contributed by atoms with E-state index in [2.05, 4.69) is 15.3 Å². The maximum absolute atomic E-state index is 12.4. The smallest absolute Gasteiger partial charge is 0.302 e. The Morgan fingerprint density at radius 3 is 2.59 bits per heavy atom. The first-order valence-electron chi connectivity index (χ1n) is 8.53. The Balaban J connectivity index is 2.14. The fraction of sp³-hybridized carbons (Fsp3) is 0.588. The van der Waals surface area contributed by atoms with Crippen LogP contribution < -0.4 is 10.9 Å². The number of nitrogens with one attached hydrogen (secondary N) is 2. The van der Waals surface area contributed by atoms with Crippen molar-refractivity contribution in [2.75, 3.05) is 11.9 Å². The van der Waals surface area contributed by atoms with E-state index < -0.39 is 35.8 Å². The zero-order valence-electron chi connectivity index (χ0n) is 15.6. The van der Waals surface area contributed by atoms with Gasteiger partial charge in [-0.2, -0.15) is 0 Å². The summed E-state index contributed by atoms with van der Waals surface area (Å²) in [5.41, 5.74) is -0.260. The van der Waals surface area contributed by atoms with Crippen LogP contribution in [0, 0.1) is 5.92 Å². The van der Waals surface area contributed by atoms with E-state index in [1.165, 1.54) is 20.0 Å². The van der Waals surface area contributed by atoms with Gasteiger partial charge in [0.05, 0.1) is 11.7 Å². The number of carbonyl (C=O) groups is 3. The number of esters is 2. The van der Waals surface area contributed by atoms with Gasteiger partial charge in [0.2, 0.25) is 11.9 Å². The number of H-pyrrole nitrogens is 1. The average molecular weight is 381 g/mol. The maximum Gasteiger partial charge on any atom is 0.302 e. The highest BCUT2D eigenvalue weighted by molar-refractivity contribution is 5.90. The summed E-state index contributed by atoms with van der Waals surface area (Å²) in [7, 11) is 0. The van der Waals surface area contributed by atoms with E-state index in [1.807, 2.05) is 0 Å². The molecule has 0 aromatic carbocycles. The number of rotatable bonds is 6. The maximum atomic E-state index is 12.4. The summed E-state index contributed by atoms with van der Waals surface area (Å²) in [4.78, 5) is 52.9. The number of aromatic nitrogens is 2. The lowest BCUT2D eigenvalue weighted by Gasteiger charge is -2.17. The van der Waals surface area contributed by atoms with Crippen LogP contribution in [0.3, 0.4) is 0 Å². The summed E-state index contributed by atoms with van der Waals surface area (Å²) >= 11 is 0. The molecule has 0 aliphatic carbocycles. The van der Waals surface area contributed by atoms with Gasteiger partial charge < -0.3 is 14.2 Å². The molecule has 10 heteroatoms. The summed E-state index contributed by atoms with van der Waals surface area (Å²) in [6, 6.07) is 0. The average Bonchev–Trinajstić information content (AvgIpc) is 2.94. The molecule has 148 valence electrons. The van der Waals surface area contributed by atoms with Crippen LogP contribution in [0.25, 0.3) is 0 Å². The van der Waals surface area contributed by atoms with Crippen LogP contribution in [-0.2, 0) is 28.6 Å². The lowest BCUT2D eigenvalue weighted by molar-refractivity contribution is -0.154. The zero-order valence-corrected chi connectivity index (χ0v) is 15.6. The number of anilines is 1. The number of nitrogens with zero attached hydrogens (tertiary/aromatic N) is 1. The fourth-order valence-corrected chi connectivity index (χ4v) is 2.56. The van der Waals surface area contributed by atoms with Gasteiger partial charge in [-0.1, -0.05) is 13.8 Å². The van der Waals surface area contributed by atoms with Crippen LogP contribution in [0.5, 0.6) is 0 Å². The third-order valence-electron chi connectivity index (χ3n) is 3.91. The van der Waals surface area contributed by atoms with Crippen molar-refractivity contribution < 1.29 is 28.6 Å². The van der Waals surface area contributed by atoms with Gasteiger partial charge in [-0.3, -0.25) is 29.5 Å². The van der Waals surface area contributed by atoms with Crippen LogP contribution >= 0.6 is 0 Å². The second kappa shape index (κ2) is 8.76. The largest absolute Gasteiger partial charge is 0.463 e. The van der Waals surface area contributed by atoms with Crippen molar-refractivity contribution in [2.45, 2.75) is 52.4 Å². The number of aromatic amines is 1. The molecule has 1 saturated heterocycles. The van der Waals surface area contributed by atoms with E-state index in [-0.39, 0.29) is 36.4 Å². The zero-order chi connectivity index (χ0) is 20.1. The number of ether oxygens (including phenoxy) is 3. The predicted molar refractivity (Wildman–Crippen MR) is 92.7 cm³/mol. The molecule has 27 heavy (non-hydrogen) atoms. The molecule has 1 amide bonds. The first kappa shape index (κ1) is 20.6. The van der Waals surface area contributed by atoms with Gasteiger partial charge in [0.25, 0.3) is 5.56 Å². The SMILES string of the molecule is CC(=O)OC[C@H]1O[C@@H](c2cnc(NC(=O)C(C)C)[nH]c2=O)CC1OC(C)=O. The van der Waals surface area contributed by atoms with Crippen molar-refractivity contribution in [1.29, 1.82) is 0 Å². The van der Waals surface area contributed by atoms with E-state index in [9.17, 15) is 19.2 Å². The van der Waals surface area contributed by atoms with Crippen molar-refractivity contribution in [2.24, 2.45) is 5.92 Å². The molecule has 0 saturated carbocycles. The van der Waals surface area contributed by atoms with Crippen LogP contribution in [0.15, 0.2) is 11.0 Å². The Morgan fingerprint density at radius 2 is 2.04 bits per heavy atom. The van der Waals surface area contributed by atoms with E-state index in [0.717, 1.165) is 0 Å². The molecule has 1 fully saturated rings. The monoisotopic (exact) mass is 381 g/mol. The van der Waals surface area contributed by atoms with Crippen LogP contribution in [-0.4, -0.2) is 46.6 Å². The number of carbonyl (C=O) groups excluding carboxylic acids is 3. The third-order valence-corrected chi connectivity index (χ3v) is 3.91. The van der Waals surface area contributed by atoms with Crippen LogP contribution in [0.1, 0.15) is 45.8 Å². The highest BCUT2D eigenvalue weighted by Crippen LogP contribution is 2.33. The molecule has 1 aromatic rings. The minimum absolute atomic E-state index is 0.0356. The molecule has 1 unspecified atom stereocenters. The van der Waals surface area contributed by atoms with E-state index in [1.54, 1.807) is 13.8 Å². The summed E-state index contributed by atoms with van der Waals surface area (Å²) in [6.07, 6.45) is -0.526. The molecule has 1 aromatic heterocycles. The van der Waals surface area contributed by atoms with Crippen molar-refractivity contribution in [3.05, 3.63) is 22.1 Å². The van der Waals surface area contributed by atoms with Crippen molar-refractivity contribution in [3.63, 3.8) is 0 Å². The van der Waals surface area contributed by atoms with Gasteiger partial charge >= 0.3 is 11.9 Å². The molecule has 2 rings (SSSR count). The van der Waals surface area contributed by atoms with Gasteiger partial charge in [-0.05, 0) is 0 Å². The van der Waals surface area contributed by atoms with Crippen molar-refractivity contribution >= 4 is 23.8 Å². The minimum atomic E-state index is -0.694.